The van der Waals surface area contributed by atoms with Gasteiger partial charge >= 0.3 is 5.97 Å². The minimum absolute atomic E-state index is 0.149. The van der Waals surface area contributed by atoms with Crippen LogP contribution < -0.4 is 0 Å². The van der Waals surface area contributed by atoms with Gasteiger partial charge in [0.15, 0.2) is 0 Å². The number of nitrogens with zero attached hydrogens (tertiary/aromatic N) is 1. The van der Waals surface area contributed by atoms with E-state index in [2.05, 4.69) is 4.90 Å². The largest absolute Gasteiger partial charge is 0.481 e. The summed E-state index contributed by atoms with van der Waals surface area (Å²) in [5.74, 6) is -0.800. The number of hydrogen-bond donors (Lipinski definition) is 1. The van der Waals surface area contributed by atoms with Gasteiger partial charge in [-0.05, 0) is 25.7 Å². The van der Waals surface area contributed by atoms with E-state index in [1.807, 2.05) is 0 Å². The predicted molar refractivity (Wildman–Crippen MR) is 66.6 cm³/mol. The Morgan fingerprint density at radius 2 is 1.89 bits per heavy atom. The van der Waals surface area contributed by atoms with Gasteiger partial charge < -0.3 is 14.6 Å². The molecule has 1 heterocycles. The number of rotatable bonds is 5. The zero-order valence-corrected chi connectivity index (χ0v) is 10.8. The molecular weight excluding hydrogens is 234 g/mol. The van der Waals surface area contributed by atoms with E-state index in [1.165, 1.54) is 0 Å². The van der Waals surface area contributed by atoms with Gasteiger partial charge in [-0.1, -0.05) is 0 Å². The Morgan fingerprint density at radius 1 is 1.22 bits per heavy atom. The van der Waals surface area contributed by atoms with Gasteiger partial charge in [-0.25, -0.2) is 0 Å². The number of morpholine rings is 1. The van der Waals surface area contributed by atoms with E-state index >= 15 is 0 Å². The summed E-state index contributed by atoms with van der Waals surface area (Å²) in [5.41, 5.74) is 0. The summed E-state index contributed by atoms with van der Waals surface area (Å²) in [7, 11) is 0. The maximum atomic E-state index is 10.8. The number of carboxylic acids is 1. The summed E-state index contributed by atoms with van der Waals surface area (Å²) in [5, 5.41) is 8.91. The molecule has 0 spiro atoms. The summed E-state index contributed by atoms with van der Waals surface area (Å²) >= 11 is 0. The van der Waals surface area contributed by atoms with Crippen LogP contribution in [0.1, 0.15) is 25.7 Å². The molecule has 0 radical (unpaired) electrons. The number of hydrogen-bond acceptors (Lipinski definition) is 4. The van der Waals surface area contributed by atoms with Gasteiger partial charge in [0.05, 0.1) is 31.8 Å². The van der Waals surface area contributed by atoms with Crippen LogP contribution in [0.5, 0.6) is 0 Å². The van der Waals surface area contributed by atoms with E-state index in [0.29, 0.717) is 0 Å². The highest BCUT2D eigenvalue weighted by molar-refractivity contribution is 5.70. The zero-order chi connectivity index (χ0) is 12.8. The summed E-state index contributed by atoms with van der Waals surface area (Å²) in [4.78, 5) is 13.2. The second-order valence-corrected chi connectivity index (χ2v) is 5.14. The fourth-order valence-corrected chi connectivity index (χ4v) is 2.65. The van der Waals surface area contributed by atoms with Crippen molar-refractivity contribution in [2.24, 2.45) is 5.92 Å². The summed E-state index contributed by atoms with van der Waals surface area (Å²) < 4.78 is 11.1. The van der Waals surface area contributed by atoms with Crippen LogP contribution in [-0.4, -0.2) is 61.5 Å². The molecule has 2 rings (SSSR count). The van der Waals surface area contributed by atoms with Crippen LogP contribution in [0, 0.1) is 5.92 Å². The molecule has 1 saturated heterocycles. The first-order valence-electron chi connectivity index (χ1n) is 6.90. The van der Waals surface area contributed by atoms with Gasteiger partial charge in [0.1, 0.15) is 0 Å². The first kappa shape index (κ1) is 13.8. The van der Waals surface area contributed by atoms with Crippen LogP contribution >= 0.6 is 0 Å². The first-order chi connectivity index (χ1) is 8.75. The van der Waals surface area contributed by atoms with E-state index in [4.69, 9.17) is 14.6 Å². The average molecular weight is 257 g/mol. The Morgan fingerprint density at radius 3 is 2.50 bits per heavy atom. The van der Waals surface area contributed by atoms with E-state index in [-0.39, 0.29) is 12.0 Å². The monoisotopic (exact) mass is 257 g/mol. The summed E-state index contributed by atoms with van der Waals surface area (Å²) in [6.45, 7) is 5.35. The lowest BCUT2D eigenvalue weighted by molar-refractivity contribution is -0.143. The summed E-state index contributed by atoms with van der Waals surface area (Å²) in [6.07, 6.45) is 3.57. The van der Waals surface area contributed by atoms with Gasteiger partial charge in [-0.15, -0.1) is 0 Å². The first-order valence-corrected chi connectivity index (χ1v) is 6.90. The molecule has 104 valence electrons. The Bertz CT molecular complexity index is 258. The van der Waals surface area contributed by atoms with Crippen LogP contribution in [0.4, 0.5) is 0 Å². The highest BCUT2D eigenvalue weighted by Crippen LogP contribution is 2.26. The topological polar surface area (TPSA) is 59.0 Å². The van der Waals surface area contributed by atoms with Crippen molar-refractivity contribution >= 4 is 5.97 Å². The molecule has 5 heteroatoms. The molecule has 0 aromatic carbocycles. The molecule has 2 aliphatic rings. The molecular formula is C13H23NO4. The third-order valence-corrected chi connectivity index (χ3v) is 3.89. The highest BCUT2D eigenvalue weighted by Gasteiger charge is 2.26. The van der Waals surface area contributed by atoms with E-state index in [1.54, 1.807) is 0 Å². The van der Waals surface area contributed by atoms with E-state index in [0.717, 1.165) is 65.1 Å². The molecule has 1 aliphatic carbocycles. The molecule has 1 aliphatic heterocycles. The highest BCUT2D eigenvalue weighted by atomic mass is 16.5. The van der Waals surface area contributed by atoms with E-state index in [9.17, 15) is 4.79 Å². The zero-order valence-electron chi connectivity index (χ0n) is 10.8. The number of carboxylic acid groups (broad SMARTS) is 1. The second kappa shape index (κ2) is 7.07. The van der Waals surface area contributed by atoms with Crippen LogP contribution in [0.15, 0.2) is 0 Å². The maximum absolute atomic E-state index is 10.8. The standard InChI is InChI=1S/C13H23NO4/c15-13(16)11-1-3-12(4-2-11)18-10-7-14-5-8-17-9-6-14/h11-12H,1-10H2,(H,15,16). The molecule has 0 amide bonds. The fraction of sp³-hybridized carbons (Fsp3) is 0.923. The number of ether oxygens (including phenoxy) is 2. The summed E-state index contributed by atoms with van der Waals surface area (Å²) in [6, 6.07) is 0. The third kappa shape index (κ3) is 4.23. The lowest BCUT2D eigenvalue weighted by atomic mass is 9.87. The second-order valence-electron chi connectivity index (χ2n) is 5.14. The van der Waals surface area contributed by atoms with Crippen LogP contribution in [0.2, 0.25) is 0 Å². The minimum Gasteiger partial charge on any atom is -0.481 e. The fourth-order valence-electron chi connectivity index (χ4n) is 2.65. The number of carbonyl (C=O) groups is 1. The van der Waals surface area contributed by atoms with Gasteiger partial charge in [-0.2, -0.15) is 0 Å². The number of aliphatic carboxylic acids is 1. The van der Waals surface area contributed by atoms with E-state index < -0.39 is 5.97 Å². The van der Waals surface area contributed by atoms with Crippen molar-refractivity contribution in [3.05, 3.63) is 0 Å². The van der Waals surface area contributed by atoms with Gasteiger partial charge in [0.25, 0.3) is 0 Å². The maximum Gasteiger partial charge on any atom is 0.306 e. The van der Waals surface area contributed by atoms with Crippen LogP contribution in [0.25, 0.3) is 0 Å². The molecule has 5 nitrogen and oxygen atoms in total. The van der Waals surface area contributed by atoms with Crippen molar-refractivity contribution in [3.63, 3.8) is 0 Å². The third-order valence-electron chi connectivity index (χ3n) is 3.89. The average Bonchev–Trinajstić information content (AvgIpc) is 2.40. The Kier molecular flexibility index (Phi) is 5.41. The predicted octanol–water partition coefficient (Wildman–Crippen LogP) is 0.979. The van der Waals surface area contributed by atoms with Crippen molar-refractivity contribution in [2.75, 3.05) is 39.5 Å². The Labute approximate surface area is 108 Å². The molecule has 0 aromatic rings. The normalized spacial score (nSPS) is 30.2. The quantitative estimate of drug-likeness (QED) is 0.795. The Hall–Kier alpha value is -0.650. The van der Waals surface area contributed by atoms with Crippen molar-refractivity contribution in [1.82, 2.24) is 4.90 Å². The van der Waals surface area contributed by atoms with Gasteiger partial charge in [0, 0.05) is 19.6 Å². The molecule has 2 fully saturated rings. The van der Waals surface area contributed by atoms with Gasteiger partial charge in [-0.3, -0.25) is 9.69 Å². The molecule has 0 bridgehead atoms. The van der Waals surface area contributed by atoms with Crippen molar-refractivity contribution in [3.8, 4) is 0 Å². The molecule has 1 saturated carbocycles. The van der Waals surface area contributed by atoms with Crippen molar-refractivity contribution in [2.45, 2.75) is 31.8 Å². The van der Waals surface area contributed by atoms with Gasteiger partial charge in [0.2, 0.25) is 0 Å². The molecule has 0 aromatic heterocycles. The molecule has 18 heavy (non-hydrogen) atoms. The molecule has 1 N–H and O–H groups in total. The van der Waals surface area contributed by atoms with Crippen molar-refractivity contribution < 1.29 is 19.4 Å². The van der Waals surface area contributed by atoms with Crippen molar-refractivity contribution in [1.29, 1.82) is 0 Å². The lowest BCUT2D eigenvalue weighted by Gasteiger charge is -2.29. The SMILES string of the molecule is O=C(O)C1CCC(OCCN2CCOCC2)CC1. The Balaban J connectivity index is 1.56. The van der Waals surface area contributed by atoms with Crippen LogP contribution in [-0.2, 0) is 14.3 Å². The molecule has 0 unspecified atom stereocenters. The molecule has 0 atom stereocenters. The van der Waals surface area contributed by atoms with Crippen LogP contribution in [0.3, 0.4) is 0 Å². The minimum atomic E-state index is -0.651. The lowest BCUT2D eigenvalue weighted by Crippen LogP contribution is -2.39. The smallest absolute Gasteiger partial charge is 0.306 e.